The van der Waals surface area contributed by atoms with Crippen molar-refractivity contribution in [3.05, 3.63) is 101 Å². The van der Waals surface area contributed by atoms with E-state index in [4.69, 9.17) is 23.8 Å². The van der Waals surface area contributed by atoms with Crippen LogP contribution in [-0.2, 0) is 0 Å². The number of rotatable bonds is 4. The van der Waals surface area contributed by atoms with Crippen LogP contribution in [0.25, 0.3) is 0 Å². The standard InChI is InChI=1S/C21H19ClN2S/c1-15-9-5-6-12-17(15)20(16-10-3-2-4-11-16)24-21(25)23-19-14-8-7-13-18(19)22/h2-14,20H,1H3,(H2,23,24,25). The first kappa shape index (κ1) is 17.5. The van der Waals surface area contributed by atoms with Crippen LogP contribution in [0.2, 0.25) is 5.02 Å². The van der Waals surface area contributed by atoms with Crippen LogP contribution in [0.5, 0.6) is 0 Å². The summed E-state index contributed by atoms with van der Waals surface area (Å²) in [7, 11) is 0. The molecule has 1 atom stereocenters. The molecule has 3 rings (SSSR count). The van der Waals surface area contributed by atoms with Gasteiger partial charge in [-0.3, -0.25) is 0 Å². The Kier molecular flexibility index (Phi) is 5.69. The Morgan fingerprint density at radius 1 is 0.880 bits per heavy atom. The van der Waals surface area contributed by atoms with E-state index in [1.807, 2.05) is 54.6 Å². The third-order valence-electron chi connectivity index (χ3n) is 4.03. The summed E-state index contributed by atoms with van der Waals surface area (Å²) in [6.45, 7) is 2.11. The molecule has 3 aromatic carbocycles. The summed E-state index contributed by atoms with van der Waals surface area (Å²) >= 11 is 11.7. The lowest BCUT2D eigenvalue weighted by Crippen LogP contribution is -2.33. The predicted molar refractivity (Wildman–Crippen MR) is 110 cm³/mol. The van der Waals surface area contributed by atoms with Crippen molar-refractivity contribution in [2.75, 3.05) is 5.32 Å². The fourth-order valence-electron chi connectivity index (χ4n) is 2.75. The molecule has 0 radical (unpaired) electrons. The highest BCUT2D eigenvalue weighted by Gasteiger charge is 2.17. The molecule has 25 heavy (non-hydrogen) atoms. The first-order valence-corrected chi connectivity index (χ1v) is 8.86. The molecular formula is C21H19ClN2S. The lowest BCUT2D eigenvalue weighted by atomic mass is 9.95. The minimum Gasteiger partial charge on any atom is -0.352 e. The van der Waals surface area contributed by atoms with E-state index in [1.165, 1.54) is 11.1 Å². The van der Waals surface area contributed by atoms with Crippen LogP contribution in [-0.4, -0.2) is 5.11 Å². The number of para-hydroxylation sites is 1. The Morgan fingerprint density at radius 3 is 2.24 bits per heavy atom. The molecule has 0 aliphatic heterocycles. The zero-order valence-electron chi connectivity index (χ0n) is 13.9. The third kappa shape index (κ3) is 4.38. The number of nitrogens with one attached hydrogen (secondary N) is 2. The molecule has 0 bridgehead atoms. The lowest BCUT2D eigenvalue weighted by Gasteiger charge is -2.23. The molecular weight excluding hydrogens is 348 g/mol. The van der Waals surface area contributed by atoms with Gasteiger partial charge in [0.15, 0.2) is 5.11 Å². The van der Waals surface area contributed by atoms with E-state index in [0.717, 1.165) is 11.3 Å². The van der Waals surface area contributed by atoms with Gasteiger partial charge in [0.2, 0.25) is 0 Å². The highest BCUT2D eigenvalue weighted by Crippen LogP contribution is 2.26. The van der Waals surface area contributed by atoms with Crippen molar-refractivity contribution in [2.24, 2.45) is 0 Å². The third-order valence-corrected chi connectivity index (χ3v) is 4.58. The van der Waals surface area contributed by atoms with E-state index >= 15 is 0 Å². The van der Waals surface area contributed by atoms with Crippen molar-refractivity contribution in [2.45, 2.75) is 13.0 Å². The second kappa shape index (κ2) is 8.15. The Hall–Kier alpha value is -2.36. The number of halogens is 1. The smallest absolute Gasteiger partial charge is 0.171 e. The Balaban J connectivity index is 1.87. The van der Waals surface area contributed by atoms with Gasteiger partial charge in [-0.1, -0.05) is 78.3 Å². The lowest BCUT2D eigenvalue weighted by molar-refractivity contribution is 0.762. The number of aryl methyl sites for hydroxylation is 1. The van der Waals surface area contributed by atoms with E-state index in [2.05, 4.69) is 41.8 Å². The molecule has 1 unspecified atom stereocenters. The quantitative estimate of drug-likeness (QED) is 0.577. The van der Waals surface area contributed by atoms with Gasteiger partial charge in [0.1, 0.15) is 0 Å². The van der Waals surface area contributed by atoms with Gasteiger partial charge in [-0.2, -0.15) is 0 Å². The SMILES string of the molecule is Cc1ccccc1C(NC(=S)Nc1ccccc1Cl)c1ccccc1. The van der Waals surface area contributed by atoms with Crippen molar-refractivity contribution >= 4 is 34.6 Å². The van der Waals surface area contributed by atoms with Gasteiger partial charge in [0, 0.05) is 0 Å². The van der Waals surface area contributed by atoms with Gasteiger partial charge in [-0.05, 0) is 48.0 Å². The van der Waals surface area contributed by atoms with Crippen LogP contribution in [0.15, 0.2) is 78.9 Å². The molecule has 0 aliphatic rings. The van der Waals surface area contributed by atoms with E-state index in [9.17, 15) is 0 Å². The zero-order chi connectivity index (χ0) is 17.6. The van der Waals surface area contributed by atoms with Gasteiger partial charge >= 0.3 is 0 Å². The van der Waals surface area contributed by atoms with Gasteiger partial charge in [-0.25, -0.2) is 0 Å². The molecule has 3 aromatic rings. The zero-order valence-corrected chi connectivity index (χ0v) is 15.4. The van der Waals surface area contributed by atoms with Gasteiger partial charge in [0.05, 0.1) is 16.8 Å². The van der Waals surface area contributed by atoms with Crippen LogP contribution in [0, 0.1) is 6.92 Å². The van der Waals surface area contributed by atoms with Gasteiger partial charge < -0.3 is 10.6 Å². The number of benzene rings is 3. The average Bonchev–Trinajstić information content (AvgIpc) is 2.63. The minimum absolute atomic E-state index is 0.0371. The molecule has 0 saturated carbocycles. The van der Waals surface area contributed by atoms with E-state index in [1.54, 1.807) is 0 Å². The number of thiocarbonyl (C=S) groups is 1. The number of hydrogen-bond donors (Lipinski definition) is 2. The molecule has 126 valence electrons. The van der Waals surface area contributed by atoms with Crippen LogP contribution in [0.3, 0.4) is 0 Å². The fourth-order valence-corrected chi connectivity index (χ4v) is 3.16. The van der Waals surface area contributed by atoms with Crippen LogP contribution in [0.4, 0.5) is 5.69 Å². The van der Waals surface area contributed by atoms with Gasteiger partial charge in [0.25, 0.3) is 0 Å². The summed E-state index contributed by atoms with van der Waals surface area (Å²) < 4.78 is 0. The van der Waals surface area contributed by atoms with Crippen molar-refractivity contribution in [1.29, 1.82) is 0 Å². The molecule has 0 spiro atoms. The predicted octanol–water partition coefficient (Wildman–Crippen LogP) is 5.72. The molecule has 0 fully saturated rings. The Bertz CT molecular complexity index is 865. The van der Waals surface area contributed by atoms with Crippen LogP contribution >= 0.6 is 23.8 Å². The van der Waals surface area contributed by atoms with Crippen LogP contribution in [0.1, 0.15) is 22.7 Å². The maximum Gasteiger partial charge on any atom is 0.171 e. The minimum atomic E-state index is -0.0371. The van der Waals surface area contributed by atoms with Crippen molar-refractivity contribution in [3.8, 4) is 0 Å². The summed E-state index contributed by atoms with van der Waals surface area (Å²) in [4.78, 5) is 0. The molecule has 0 saturated heterocycles. The first-order valence-electron chi connectivity index (χ1n) is 8.07. The molecule has 4 heteroatoms. The summed E-state index contributed by atoms with van der Waals surface area (Å²) in [5.74, 6) is 0. The van der Waals surface area contributed by atoms with E-state index in [-0.39, 0.29) is 6.04 Å². The van der Waals surface area contributed by atoms with Crippen molar-refractivity contribution in [1.82, 2.24) is 5.32 Å². The summed E-state index contributed by atoms with van der Waals surface area (Å²) in [6, 6.07) is 26.1. The monoisotopic (exact) mass is 366 g/mol. The van der Waals surface area contributed by atoms with Crippen LogP contribution < -0.4 is 10.6 Å². The van der Waals surface area contributed by atoms with E-state index < -0.39 is 0 Å². The Morgan fingerprint density at radius 2 is 1.52 bits per heavy atom. The normalized spacial score (nSPS) is 11.6. The molecule has 0 aliphatic carbocycles. The summed E-state index contributed by atoms with van der Waals surface area (Å²) in [6.07, 6.45) is 0. The molecule has 0 heterocycles. The number of anilines is 1. The molecule has 2 N–H and O–H groups in total. The average molecular weight is 367 g/mol. The second-order valence-electron chi connectivity index (χ2n) is 5.78. The summed E-state index contributed by atoms with van der Waals surface area (Å²) in [5, 5.41) is 7.79. The van der Waals surface area contributed by atoms with Crippen molar-refractivity contribution < 1.29 is 0 Å². The molecule has 0 amide bonds. The maximum absolute atomic E-state index is 6.21. The first-order chi connectivity index (χ1) is 12.1. The highest BCUT2D eigenvalue weighted by atomic mass is 35.5. The summed E-state index contributed by atoms with van der Waals surface area (Å²) in [5.41, 5.74) is 4.35. The maximum atomic E-state index is 6.21. The van der Waals surface area contributed by atoms with Crippen molar-refractivity contribution in [3.63, 3.8) is 0 Å². The largest absolute Gasteiger partial charge is 0.352 e. The Labute approximate surface area is 158 Å². The molecule has 2 nitrogen and oxygen atoms in total. The highest BCUT2D eigenvalue weighted by molar-refractivity contribution is 7.80. The number of hydrogen-bond acceptors (Lipinski definition) is 1. The topological polar surface area (TPSA) is 24.1 Å². The second-order valence-corrected chi connectivity index (χ2v) is 6.59. The van der Waals surface area contributed by atoms with E-state index in [0.29, 0.717) is 10.1 Å². The fraction of sp³-hybridized carbons (Fsp3) is 0.0952. The molecule has 0 aromatic heterocycles. The van der Waals surface area contributed by atoms with Gasteiger partial charge in [-0.15, -0.1) is 0 Å².